The van der Waals surface area contributed by atoms with E-state index in [0.29, 0.717) is 39.2 Å². The van der Waals surface area contributed by atoms with E-state index in [2.05, 4.69) is 36.4 Å². The average molecular weight is 773 g/mol. The standard InChI is InChI=1S/C55H47N3O/c1-34(2)39-20-22-41(23-21-39)43-24-25-56-51(32-43)46-30-44(40-14-9-7-10-15-40)29-45(31-46)48-18-13-19-52-53(48)57-55(50-27-35(3)26-37(5)54(50)59)58(52)47-28-36(4)38(6)49(33-47)42-16-11-8-12-17-42/h7-34,59H,1-6H3/i4D3,6D3,34D. The van der Waals surface area contributed by atoms with Crippen LogP contribution in [0.25, 0.3) is 83.9 Å². The van der Waals surface area contributed by atoms with E-state index in [1.54, 1.807) is 30.3 Å². The summed E-state index contributed by atoms with van der Waals surface area (Å²) in [5.41, 5.74) is 11.9. The lowest BCUT2D eigenvalue weighted by molar-refractivity contribution is 0.472. The quantitative estimate of drug-likeness (QED) is 0.167. The topological polar surface area (TPSA) is 50.9 Å². The molecule has 4 nitrogen and oxygen atoms in total. The second-order valence-electron chi connectivity index (χ2n) is 15.4. The van der Waals surface area contributed by atoms with Crippen molar-refractivity contribution >= 4 is 11.0 Å². The fourth-order valence-electron chi connectivity index (χ4n) is 8.00. The van der Waals surface area contributed by atoms with E-state index >= 15 is 0 Å². The maximum atomic E-state index is 11.8. The zero-order valence-corrected chi connectivity index (χ0v) is 33.4. The van der Waals surface area contributed by atoms with Gasteiger partial charge in [-0.25, -0.2) is 4.98 Å². The molecule has 2 aromatic heterocycles. The van der Waals surface area contributed by atoms with Gasteiger partial charge in [0.15, 0.2) is 0 Å². The zero-order chi connectivity index (χ0) is 46.7. The number of aromatic hydroxyl groups is 1. The van der Waals surface area contributed by atoms with Gasteiger partial charge in [0.1, 0.15) is 11.6 Å². The fraction of sp³-hybridized carbons (Fsp3) is 0.127. The summed E-state index contributed by atoms with van der Waals surface area (Å²) in [6.45, 7) is 1.96. The number of benzene rings is 7. The smallest absolute Gasteiger partial charge is 0.149 e. The molecular formula is C55H47N3O. The van der Waals surface area contributed by atoms with Crippen LogP contribution in [-0.2, 0) is 0 Å². The van der Waals surface area contributed by atoms with Crippen molar-refractivity contribution in [1.82, 2.24) is 14.5 Å². The minimum absolute atomic E-state index is 0.0227. The Balaban J connectivity index is 1.32. The number of aromatic nitrogens is 3. The van der Waals surface area contributed by atoms with Crippen LogP contribution < -0.4 is 0 Å². The number of phenols is 1. The molecule has 0 saturated carbocycles. The van der Waals surface area contributed by atoms with E-state index in [1.807, 2.05) is 123 Å². The van der Waals surface area contributed by atoms with Gasteiger partial charge in [-0.3, -0.25) is 9.55 Å². The lowest BCUT2D eigenvalue weighted by Crippen LogP contribution is -2.01. The molecule has 0 radical (unpaired) electrons. The SMILES string of the molecule is [2H]C([2H])([2H])c1cc(-n2c(-c3cc(C)cc(C)c3O)nc3c(-c4cc(-c5ccccc5)cc(-c5cc(-c6ccc(C([2H])(C)C)cc6)ccn5)c4)cccc32)cc(-c2ccccc2)c1C([2H])([2H])[2H]. The van der Waals surface area contributed by atoms with Crippen molar-refractivity contribution in [3.05, 3.63) is 192 Å². The monoisotopic (exact) mass is 772 g/mol. The van der Waals surface area contributed by atoms with Crippen LogP contribution in [0.2, 0.25) is 0 Å². The Morgan fingerprint density at radius 1 is 0.576 bits per heavy atom. The molecule has 9 aromatic rings. The Hall–Kier alpha value is -7.04. The molecular weight excluding hydrogens is 719 g/mol. The minimum atomic E-state index is -2.80. The summed E-state index contributed by atoms with van der Waals surface area (Å²) in [5, 5.41) is 11.8. The minimum Gasteiger partial charge on any atom is -0.507 e. The van der Waals surface area contributed by atoms with Gasteiger partial charge >= 0.3 is 0 Å². The molecule has 0 aliphatic carbocycles. The molecule has 4 heteroatoms. The average Bonchev–Trinajstić information content (AvgIpc) is 3.69. The van der Waals surface area contributed by atoms with Gasteiger partial charge in [-0.1, -0.05) is 117 Å². The van der Waals surface area contributed by atoms with Gasteiger partial charge < -0.3 is 5.11 Å². The molecule has 0 fully saturated rings. The Morgan fingerprint density at radius 2 is 1.29 bits per heavy atom. The first-order valence-electron chi connectivity index (χ1n) is 23.2. The van der Waals surface area contributed by atoms with Crippen LogP contribution >= 0.6 is 0 Å². The van der Waals surface area contributed by atoms with Crippen molar-refractivity contribution in [2.75, 3.05) is 0 Å². The molecule has 0 saturated heterocycles. The Morgan fingerprint density at radius 3 is 2.02 bits per heavy atom. The van der Waals surface area contributed by atoms with Crippen LogP contribution in [0, 0.1) is 27.6 Å². The zero-order valence-electron chi connectivity index (χ0n) is 40.4. The van der Waals surface area contributed by atoms with Crippen molar-refractivity contribution in [3.63, 3.8) is 0 Å². The van der Waals surface area contributed by atoms with E-state index in [9.17, 15) is 5.11 Å². The Labute approximate surface area is 357 Å². The number of aryl methyl sites for hydroxylation is 3. The molecule has 0 amide bonds. The number of imidazole rings is 1. The number of para-hydroxylation sites is 1. The van der Waals surface area contributed by atoms with Crippen molar-refractivity contribution in [2.45, 2.75) is 47.3 Å². The normalized spacial score (nSPS) is 13.8. The summed E-state index contributed by atoms with van der Waals surface area (Å²) < 4.78 is 62.1. The van der Waals surface area contributed by atoms with Gasteiger partial charge in [0, 0.05) is 32.6 Å². The summed E-state index contributed by atoms with van der Waals surface area (Å²) in [5.74, 6) is -0.340. The van der Waals surface area contributed by atoms with E-state index < -0.39 is 19.6 Å². The van der Waals surface area contributed by atoms with E-state index in [0.717, 1.165) is 55.8 Å². The summed E-state index contributed by atoms with van der Waals surface area (Å²) >= 11 is 0. The maximum absolute atomic E-state index is 11.8. The predicted octanol–water partition coefficient (Wildman–Crippen LogP) is 14.5. The van der Waals surface area contributed by atoms with Gasteiger partial charge in [0.2, 0.25) is 0 Å². The highest BCUT2D eigenvalue weighted by Crippen LogP contribution is 2.42. The molecule has 9 rings (SSSR count). The predicted molar refractivity (Wildman–Crippen MR) is 246 cm³/mol. The van der Waals surface area contributed by atoms with Crippen molar-refractivity contribution < 1.29 is 14.7 Å². The van der Waals surface area contributed by atoms with Gasteiger partial charge in [-0.05, 0) is 155 Å². The van der Waals surface area contributed by atoms with Crippen LogP contribution in [0.4, 0.5) is 0 Å². The van der Waals surface area contributed by atoms with Crippen molar-refractivity contribution in [3.8, 4) is 78.6 Å². The van der Waals surface area contributed by atoms with Crippen LogP contribution in [0.5, 0.6) is 5.75 Å². The number of rotatable bonds is 8. The third kappa shape index (κ3) is 7.12. The first kappa shape index (κ1) is 30.1. The van der Waals surface area contributed by atoms with Crippen LogP contribution in [-0.4, -0.2) is 19.6 Å². The number of phenolic OH excluding ortho intramolecular Hbond substituents is 1. The molecule has 59 heavy (non-hydrogen) atoms. The molecule has 0 unspecified atom stereocenters. The van der Waals surface area contributed by atoms with Crippen molar-refractivity contribution in [1.29, 1.82) is 0 Å². The highest BCUT2D eigenvalue weighted by atomic mass is 16.3. The number of pyridine rings is 1. The molecule has 0 aliphatic heterocycles. The molecule has 0 atom stereocenters. The van der Waals surface area contributed by atoms with Crippen LogP contribution in [0.1, 0.15) is 57.2 Å². The number of hydrogen-bond acceptors (Lipinski definition) is 3. The third-order valence-corrected chi connectivity index (χ3v) is 11.0. The Bertz CT molecular complexity index is 3280. The highest BCUT2D eigenvalue weighted by Gasteiger charge is 2.23. The number of nitrogens with zero attached hydrogens (tertiary/aromatic N) is 3. The van der Waals surface area contributed by atoms with Gasteiger partial charge in [-0.15, -0.1) is 0 Å². The third-order valence-electron chi connectivity index (χ3n) is 11.0. The van der Waals surface area contributed by atoms with E-state index in [-0.39, 0.29) is 22.4 Å². The molecule has 1 N–H and O–H groups in total. The fourth-order valence-corrected chi connectivity index (χ4v) is 8.00. The van der Waals surface area contributed by atoms with Gasteiger partial charge in [0.05, 0.1) is 22.3 Å². The van der Waals surface area contributed by atoms with E-state index in [1.165, 1.54) is 6.07 Å². The van der Waals surface area contributed by atoms with E-state index in [4.69, 9.17) is 19.6 Å². The molecule has 7 aromatic carbocycles. The van der Waals surface area contributed by atoms with Gasteiger partial charge in [-0.2, -0.15) is 0 Å². The summed E-state index contributed by atoms with van der Waals surface area (Å²) in [6.07, 6.45) is 1.81. The second kappa shape index (κ2) is 15.4. The Kier molecular flexibility index (Phi) is 7.84. The molecule has 2 heterocycles. The molecule has 0 spiro atoms. The summed E-state index contributed by atoms with van der Waals surface area (Å²) in [4.78, 5) is 10.2. The lowest BCUT2D eigenvalue weighted by atomic mass is 9.93. The van der Waals surface area contributed by atoms with Crippen LogP contribution in [0.3, 0.4) is 0 Å². The summed E-state index contributed by atoms with van der Waals surface area (Å²) in [6, 6.07) is 50.3. The van der Waals surface area contributed by atoms with Gasteiger partial charge in [0.25, 0.3) is 0 Å². The molecule has 0 bridgehead atoms. The van der Waals surface area contributed by atoms with Crippen LogP contribution in [0.15, 0.2) is 164 Å². The highest BCUT2D eigenvalue weighted by molar-refractivity contribution is 5.98. The lowest BCUT2D eigenvalue weighted by Gasteiger charge is -2.17. The molecule has 0 aliphatic rings. The number of fused-ring (bicyclic) bond motifs is 1. The second-order valence-corrected chi connectivity index (χ2v) is 15.4. The summed E-state index contributed by atoms with van der Waals surface area (Å²) in [7, 11) is 0. The number of hydrogen-bond donors (Lipinski definition) is 1. The van der Waals surface area contributed by atoms with Crippen molar-refractivity contribution in [2.24, 2.45) is 0 Å². The largest absolute Gasteiger partial charge is 0.507 e. The first-order chi connectivity index (χ1) is 31.3. The molecule has 288 valence electrons. The maximum Gasteiger partial charge on any atom is 0.149 e. The first-order valence-corrected chi connectivity index (χ1v) is 19.7.